The lowest BCUT2D eigenvalue weighted by molar-refractivity contribution is 0.0977. The molecular formula is C24H20O6. The molecule has 6 heteroatoms. The first kappa shape index (κ1) is 19.8. The Balaban J connectivity index is 2.06. The number of fused-ring (bicyclic) bond motifs is 4. The van der Waals surface area contributed by atoms with Crippen molar-refractivity contribution in [2.24, 2.45) is 0 Å². The molecule has 1 aliphatic rings. The lowest BCUT2D eigenvalue weighted by Gasteiger charge is -2.21. The van der Waals surface area contributed by atoms with E-state index in [9.17, 15) is 24.6 Å². The molecule has 0 fully saturated rings. The maximum atomic E-state index is 13.3. The average Bonchev–Trinajstić information content (AvgIpc) is 2.70. The Morgan fingerprint density at radius 3 is 2.47 bits per heavy atom. The number of phenolic OH excluding ortho intramolecular Hbond substituents is 1. The van der Waals surface area contributed by atoms with Gasteiger partial charge in [-0.25, -0.2) is 0 Å². The highest BCUT2D eigenvalue weighted by molar-refractivity contribution is 6.32. The second kappa shape index (κ2) is 7.07. The van der Waals surface area contributed by atoms with Gasteiger partial charge < -0.3 is 14.6 Å². The van der Waals surface area contributed by atoms with Crippen LogP contribution in [0.3, 0.4) is 0 Å². The zero-order chi connectivity index (χ0) is 21.7. The minimum absolute atomic E-state index is 0.000666. The number of hydrogen-bond acceptors (Lipinski definition) is 6. The van der Waals surface area contributed by atoms with E-state index in [0.29, 0.717) is 5.56 Å². The standard InChI is InChI=1S/C24H20O6/c1-4-6-15(25)12(3)18-10-17(27)19-11(2)9-14-21(24(19)30-18)23(29)20-13(22(14)28)7-5-8-16(20)26/h4-10,12,15,25-26H,1-3H3/t12-,15+/m1/s1. The first-order valence-corrected chi connectivity index (χ1v) is 9.59. The summed E-state index contributed by atoms with van der Waals surface area (Å²) >= 11 is 0. The van der Waals surface area contributed by atoms with Crippen LogP contribution in [0.15, 0.2) is 51.7 Å². The van der Waals surface area contributed by atoms with Crippen LogP contribution in [0.25, 0.3) is 11.0 Å². The first-order chi connectivity index (χ1) is 14.3. The molecule has 0 unspecified atom stereocenters. The average molecular weight is 404 g/mol. The minimum atomic E-state index is -0.890. The van der Waals surface area contributed by atoms with Crippen molar-refractivity contribution in [1.82, 2.24) is 0 Å². The second-order valence-corrected chi connectivity index (χ2v) is 7.50. The van der Waals surface area contributed by atoms with E-state index in [2.05, 4.69) is 0 Å². The Morgan fingerprint density at radius 2 is 1.77 bits per heavy atom. The molecule has 0 radical (unpaired) electrons. The molecule has 3 aromatic rings. The van der Waals surface area contributed by atoms with E-state index < -0.39 is 23.6 Å². The fraction of sp³-hybridized carbons (Fsp3) is 0.208. The highest BCUT2D eigenvalue weighted by atomic mass is 16.3. The topological polar surface area (TPSA) is 105 Å². The molecule has 30 heavy (non-hydrogen) atoms. The summed E-state index contributed by atoms with van der Waals surface area (Å²) in [4.78, 5) is 39.2. The van der Waals surface area contributed by atoms with Crippen molar-refractivity contribution in [1.29, 1.82) is 0 Å². The molecule has 0 amide bonds. The number of aliphatic hydroxyl groups excluding tert-OH is 1. The van der Waals surface area contributed by atoms with Crippen molar-refractivity contribution in [3.63, 3.8) is 0 Å². The second-order valence-electron chi connectivity index (χ2n) is 7.50. The van der Waals surface area contributed by atoms with E-state index in [1.807, 2.05) is 0 Å². The number of aromatic hydroxyl groups is 1. The van der Waals surface area contributed by atoms with Gasteiger partial charge >= 0.3 is 0 Å². The molecule has 152 valence electrons. The molecule has 0 aliphatic heterocycles. The number of rotatable bonds is 3. The first-order valence-electron chi connectivity index (χ1n) is 9.59. The normalized spacial score (nSPS) is 15.3. The van der Waals surface area contributed by atoms with Crippen LogP contribution in [0.2, 0.25) is 0 Å². The van der Waals surface area contributed by atoms with Gasteiger partial charge in [-0.05, 0) is 31.5 Å². The van der Waals surface area contributed by atoms with E-state index in [0.717, 1.165) is 0 Å². The van der Waals surface area contributed by atoms with Gasteiger partial charge in [-0.3, -0.25) is 14.4 Å². The van der Waals surface area contributed by atoms with Gasteiger partial charge in [0, 0.05) is 23.1 Å². The molecule has 0 saturated heterocycles. The quantitative estimate of drug-likeness (QED) is 0.505. The van der Waals surface area contributed by atoms with Crippen LogP contribution in [0.1, 0.15) is 62.9 Å². The van der Waals surface area contributed by atoms with Crippen molar-refractivity contribution in [3.8, 4) is 5.75 Å². The zero-order valence-electron chi connectivity index (χ0n) is 16.7. The lowest BCUT2D eigenvalue weighted by Crippen LogP contribution is -2.23. The molecule has 2 atom stereocenters. The fourth-order valence-corrected chi connectivity index (χ4v) is 3.94. The van der Waals surface area contributed by atoms with Crippen LogP contribution in [-0.2, 0) is 0 Å². The molecule has 1 aliphatic carbocycles. The van der Waals surface area contributed by atoms with Crippen LogP contribution in [0.5, 0.6) is 5.75 Å². The monoisotopic (exact) mass is 404 g/mol. The van der Waals surface area contributed by atoms with Gasteiger partial charge in [0.15, 0.2) is 11.2 Å². The Kier molecular flexibility index (Phi) is 4.67. The summed E-state index contributed by atoms with van der Waals surface area (Å²) in [5.41, 5.74) is 0.243. The molecule has 2 aromatic carbocycles. The van der Waals surface area contributed by atoms with Gasteiger partial charge in [-0.1, -0.05) is 31.2 Å². The number of ketones is 2. The minimum Gasteiger partial charge on any atom is -0.507 e. The van der Waals surface area contributed by atoms with E-state index in [-0.39, 0.29) is 50.2 Å². The third kappa shape index (κ3) is 2.80. The van der Waals surface area contributed by atoms with E-state index >= 15 is 0 Å². The lowest BCUT2D eigenvalue weighted by atomic mass is 9.81. The summed E-state index contributed by atoms with van der Waals surface area (Å²) in [7, 11) is 0. The van der Waals surface area contributed by atoms with Crippen molar-refractivity contribution in [2.45, 2.75) is 32.8 Å². The van der Waals surface area contributed by atoms with E-state index in [4.69, 9.17) is 4.42 Å². The van der Waals surface area contributed by atoms with Gasteiger partial charge in [-0.15, -0.1) is 0 Å². The van der Waals surface area contributed by atoms with Crippen LogP contribution in [0, 0.1) is 6.92 Å². The molecule has 6 nitrogen and oxygen atoms in total. The number of hydrogen-bond donors (Lipinski definition) is 2. The molecule has 2 N–H and O–H groups in total. The highest BCUT2D eigenvalue weighted by Crippen LogP contribution is 2.37. The highest BCUT2D eigenvalue weighted by Gasteiger charge is 2.35. The van der Waals surface area contributed by atoms with Crippen molar-refractivity contribution in [2.75, 3.05) is 0 Å². The van der Waals surface area contributed by atoms with Crippen molar-refractivity contribution in [3.05, 3.63) is 86.3 Å². The molecule has 0 spiro atoms. The fourth-order valence-electron chi connectivity index (χ4n) is 3.94. The van der Waals surface area contributed by atoms with E-state index in [1.54, 1.807) is 32.9 Å². The van der Waals surface area contributed by atoms with Crippen molar-refractivity contribution < 1.29 is 24.2 Å². The third-order valence-electron chi connectivity index (χ3n) is 5.55. The summed E-state index contributed by atoms with van der Waals surface area (Å²) in [6.45, 7) is 5.14. The van der Waals surface area contributed by atoms with Crippen LogP contribution in [-0.4, -0.2) is 27.9 Å². The van der Waals surface area contributed by atoms with Gasteiger partial charge in [0.2, 0.25) is 5.78 Å². The smallest absolute Gasteiger partial charge is 0.202 e. The number of aryl methyl sites for hydroxylation is 1. The largest absolute Gasteiger partial charge is 0.507 e. The maximum Gasteiger partial charge on any atom is 0.202 e. The zero-order valence-corrected chi connectivity index (χ0v) is 16.7. The number of allylic oxidation sites excluding steroid dienone is 1. The molecule has 0 bridgehead atoms. The molecule has 1 aromatic heterocycles. The third-order valence-corrected chi connectivity index (χ3v) is 5.55. The summed E-state index contributed by atoms with van der Waals surface area (Å²) in [6.07, 6.45) is 2.37. The molecular weight excluding hydrogens is 384 g/mol. The van der Waals surface area contributed by atoms with Gasteiger partial charge in [-0.2, -0.15) is 0 Å². The number of carbonyl (C=O) groups is 2. The number of benzene rings is 2. The summed E-state index contributed by atoms with van der Waals surface area (Å²) in [5, 5.41) is 20.7. The van der Waals surface area contributed by atoms with E-state index in [1.165, 1.54) is 30.3 Å². The SMILES string of the molecule is CC=C[C@H](O)[C@@H](C)c1cc(=O)c2c(C)cc3c(c2o1)C(=O)c1c(O)cccc1C3=O. The number of phenols is 1. The predicted octanol–water partition coefficient (Wildman–Crippen LogP) is 3.62. The Labute approximate surface area is 172 Å². The Hall–Kier alpha value is -3.51. The Morgan fingerprint density at radius 1 is 1.03 bits per heavy atom. The van der Waals surface area contributed by atoms with Gasteiger partial charge in [0.05, 0.1) is 22.6 Å². The summed E-state index contributed by atoms with van der Waals surface area (Å²) in [5.74, 6) is -1.65. The number of aliphatic hydroxyl groups is 1. The van der Waals surface area contributed by atoms with Crippen LogP contribution < -0.4 is 5.43 Å². The molecule has 1 heterocycles. The van der Waals surface area contributed by atoms with Crippen molar-refractivity contribution >= 4 is 22.5 Å². The Bertz CT molecular complexity index is 1310. The summed E-state index contributed by atoms with van der Waals surface area (Å²) in [6, 6.07) is 7.14. The van der Waals surface area contributed by atoms with Crippen LogP contribution in [0.4, 0.5) is 0 Å². The molecule has 4 rings (SSSR count). The molecule has 0 saturated carbocycles. The predicted molar refractivity (Wildman–Crippen MR) is 111 cm³/mol. The van der Waals surface area contributed by atoms with Crippen LogP contribution >= 0.6 is 0 Å². The van der Waals surface area contributed by atoms with Gasteiger partial charge in [0.25, 0.3) is 0 Å². The number of carbonyl (C=O) groups excluding carboxylic acids is 2. The summed E-state index contributed by atoms with van der Waals surface area (Å²) < 4.78 is 5.98. The maximum absolute atomic E-state index is 13.3. The van der Waals surface area contributed by atoms with Gasteiger partial charge in [0.1, 0.15) is 17.1 Å².